The zero-order valence-electron chi connectivity index (χ0n) is 22.7. The van der Waals surface area contributed by atoms with Gasteiger partial charge in [0.2, 0.25) is 0 Å². The van der Waals surface area contributed by atoms with Crippen molar-refractivity contribution in [3.8, 4) is 0 Å². The van der Waals surface area contributed by atoms with Crippen LogP contribution in [0.2, 0.25) is 0 Å². The summed E-state index contributed by atoms with van der Waals surface area (Å²) in [5.41, 5.74) is 0. The molecule has 0 fully saturated rings. The topological polar surface area (TPSA) is 0 Å². The lowest BCUT2D eigenvalue weighted by atomic mass is 10.0. The van der Waals surface area contributed by atoms with Crippen LogP contribution in [0.1, 0.15) is 181 Å². The quantitative estimate of drug-likeness (QED) is 0.0877. The molecule has 0 aromatic rings. The average Bonchev–Trinajstić information content (AvgIpc) is 2.81. The largest absolute Gasteiger partial charge is 0.179 e. The number of unbranched alkanes of at least 4 members (excludes halogenated alkanes) is 24. The molecule has 0 radical (unpaired) electrons. The summed E-state index contributed by atoms with van der Waals surface area (Å²) in [5, 5.41) is 0. The molecule has 0 aromatic heterocycles. The second-order valence-corrected chi connectivity index (χ2v) is 10.8. The van der Waals surface area contributed by atoms with Gasteiger partial charge in [-0.1, -0.05) is 168 Å². The minimum atomic E-state index is 1.07. The maximum atomic E-state index is 4.23. The van der Waals surface area contributed by atoms with Crippen LogP contribution in [0.25, 0.3) is 0 Å². The Hall–Kier alpha value is 0.700. The van der Waals surface area contributed by atoms with Gasteiger partial charge in [0.25, 0.3) is 0 Å². The Morgan fingerprint density at radius 3 is 0.562 bits per heavy atom. The summed E-state index contributed by atoms with van der Waals surface area (Å²) in [6.45, 7) is 4.57. The molecule has 0 rings (SSSR count). The van der Waals surface area contributed by atoms with Gasteiger partial charge in [0.1, 0.15) is 0 Å². The standard InChI is InChI=1S/C16H34S.C14H30S/c1-2-3-4-5-6-7-8-9-10-11-12-13-14-15-16-17;1-2-3-4-5-6-7-8-9-10-11-12-13-14-15/h17H,2-16H2,1H3;15H,2-14H2,1H3. The lowest BCUT2D eigenvalue weighted by Gasteiger charge is -2.02. The Balaban J connectivity index is 0. The van der Waals surface area contributed by atoms with Crippen molar-refractivity contribution in [2.24, 2.45) is 0 Å². The summed E-state index contributed by atoms with van der Waals surface area (Å²) in [6.07, 6.45) is 37.3. The molecule has 0 spiro atoms. The molecule has 0 atom stereocenters. The Labute approximate surface area is 217 Å². The van der Waals surface area contributed by atoms with Crippen molar-refractivity contribution in [1.29, 1.82) is 0 Å². The Bertz CT molecular complexity index is 254. The number of hydrogen-bond donors (Lipinski definition) is 2. The van der Waals surface area contributed by atoms with E-state index in [0.717, 1.165) is 11.5 Å². The highest BCUT2D eigenvalue weighted by Crippen LogP contribution is 2.13. The minimum Gasteiger partial charge on any atom is -0.179 e. The lowest BCUT2D eigenvalue weighted by molar-refractivity contribution is 0.538. The molecular formula is C30H64S2. The normalized spacial score (nSPS) is 10.9. The SMILES string of the molecule is CCCCCCCCCCCCCCCCS.CCCCCCCCCCCCCCS. The molecule has 0 saturated carbocycles. The van der Waals surface area contributed by atoms with Gasteiger partial charge in [-0.05, 0) is 24.3 Å². The predicted octanol–water partition coefficient (Wildman–Crippen LogP) is 12.0. The third-order valence-corrected chi connectivity index (χ3v) is 7.16. The number of rotatable bonds is 26. The zero-order chi connectivity index (χ0) is 23.8. The molecule has 0 unspecified atom stereocenters. The lowest BCUT2D eigenvalue weighted by Crippen LogP contribution is -1.83. The molecule has 0 aliphatic heterocycles. The van der Waals surface area contributed by atoms with Crippen LogP contribution in [0.5, 0.6) is 0 Å². The van der Waals surface area contributed by atoms with Crippen molar-refractivity contribution in [2.45, 2.75) is 181 Å². The summed E-state index contributed by atoms with van der Waals surface area (Å²) >= 11 is 8.45. The van der Waals surface area contributed by atoms with E-state index in [1.807, 2.05) is 0 Å². The molecule has 0 bridgehead atoms. The van der Waals surface area contributed by atoms with Crippen LogP contribution in [0, 0.1) is 0 Å². The van der Waals surface area contributed by atoms with E-state index >= 15 is 0 Å². The first-order valence-corrected chi connectivity index (χ1v) is 16.3. The fraction of sp³-hybridized carbons (Fsp3) is 1.00. The summed E-state index contributed by atoms with van der Waals surface area (Å²) in [7, 11) is 0. The molecule has 2 heteroatoms. The van der Waals surface area contributed by atoms with Crippen molar-refractivity contribution in [2.75, 3.05) is 11.5 Å². The van der Waals surface area contributed by atoms with E-state index in [4.69, 9.17) is 0 Å². The van der Waals surface area contributed by atoms with Crippen LogP contribution >= 0.6 is 25.3 Å². The Morgan fingerprint density at radius 1 is 0.250 bits per heavy atom. The van der Waals surface area contributed by atoms with Gasteiger partial charge in [0.15, 0.2) is 0 Å². The maximum absolute atomic E-state index is 4.23. The fourth-order valence-electron chi connectivity index (χ4n) is 4.26. The van der Waals surface area contributed by atoms with E-state index in [1.54, 1.807) is 0 Å². The highest BCUT2D eigenvalue weighted by atomic mass is 32.1. The van der Waals surface area contributed by atoms with Crippen molar-refractivity contribution in [3.05, 3.63) is 0 Å². The minimum absolute atomic E-state index is 1.07. The molecule has 0 amide bonds. The number of hydrogen-bond acceptors (Lipinski definition) is 2. The third-order valence-electron chi connectivity index (χ3n) is 6.52. The molecule has 0 aromatic carbocycles. The molecule has 0 saturated heterocycles. The second kappa shape index (κ2) is 36.3. The summed E-state index contributed by atoms with van der Waals surface area (Å²) < 4.78 is 0. The van der Waals surface area contributed by atoms with Gasteiger partial charge in [0.05, 0.1) is 0 Å². The molecule has 196 valence electrons. The van der Waals surface area contributed by atoms with Gasteiger partial charge < -0.3 is 0 Å². The smallest absolute Gasteiger partial charge is 0.00979 e. The van der Waals surface area contributed by atoms with Crippen LogP contribution in [0.15, 0.2) is 0 Å². The van der Waals surface area contributed by atoms with Gasteiger partial charge in [0, 0.05) is 0 Å². The van der Waals surface area contributed by atoms with Crippen LogP contribution < -0.4 is 0 Å². The van der Waals surface area contributed by atoms with Gasteiger partial charge in [-0.25, -0.2) is 0 Å². The predicted molar refractivity (Wildman–Crippen MR) is 159 cm³/mol. The zero-order valence-corrected chi connectivity index (χ0v) is 24.5. The number of thiol groups is 2. The molecule has 32 heavy (non-hydrogen) atoms. The first kappa shape index (κ1) is 34.9. The molecule has 0 heterocycles. The van der Waals surface area contributed by atoms with E-state index in [1.165, 1.54) is 167 Å². The van der Waals surface area contributed by atoms with Crippen molar-refractivity contribution in [1.82, 2.24) is 0 Å². The van der Waals surface area contributed by atoms with Crippen LogP contribution in [-0.4, -0.2) is 11.5 Å². The highest BCUT2D eigenvalue weighted by molar-refractivity contribution is 7.80. The maximum Gasteiger partial charge on any atom is -0.00979 e. The fourth-order valence-corrected chi connectivity index (χ4v) is 4.71. The van der Waals surface area contributed by atoms with Crippen molar-refractivity contribution < 1.29 is 0 Å². The highest BCUT2D eigenvalue weighted by Gasteiger charge is 1.94. The van der Waals surface area contributed by atoms with Gasteiger partial charge in [-0.2, -0.15) is 25.3 Å². The van der Waals surface area contributed by atoms with Crippen LogP contribution in [-0.2, 0) is 0 Å². The van der Waals surface area contributed by atoms with E-state index in [9.17, 15) is 0 Å². The molecular weight excluding hydrogens is 424 g/mol. The third kappa shape index (κ3) is 38.0. The summed E-state index contributed by atoms with van der Waals surface area (Å²) in [5.74, 6) is 2.13. The van der Waals surface area contributed by atoms with E-state index in [2.05, 4.69) is 39.1 Å². The van der Waals surface area contributed by atoms with Gasteiger partial charge in [-0.3, -0.25) is 0 Å². The molecule has 0 aliphatic carbocycles. The van der Waals surface area contributed by atoms with E-state index in [0.29, 0.717) is 0 Å². The van der Waals surface area contributed by atoms with Gasteiger partial charge >= 0.3 is 0 Å². The summed E-state index contributed by atoms with van der Waals surface area (Å²) in [6, 6.07) is 0. The average molecular weight is 489 g/mol. The van der Waals surface area contributed by atoms with Crippen LogP contribution in [0.3, 0.4) is 0 Å². The molecule has 0 N–H and O–H groups in total. The first-order valence-electron chi connectivity index (χ1n) is 15.0. The molecule has 0 nitrogen and oxygen atoms in total. The van der Waals surface area contributed by atoms with Gasteiger partial charge in [-0.15, -0.1) is 0 Å². The van der Waals surface area contributed by atoms with Crippen molar-refractivity contribution in [3.63, 3.8) is 0 Å². The second-order valence-electron chi connectivity index (χ2n) is 9.93. The Morgan fingerprint density at radius 2 is 0.406 bits per heavy atom. The Kier molecular flexibility index (Phi) is 39.5. The first-order chi connectivity index (χ1) is 15.8. The molecule has 0 aliphatic rings. The van der Waals surface area contributed by atoms with Crippen LogP contribution in [0.4, 0.5) is 0 Å². The monoisotopic (exact) mass is 488 g/mol. The van der Waals surface area contributed by atoms with E-state index in [-0.39, 0.29) is 0 Å². The van der Waals surface area contributed by atoms with Crippen molar-refractivity contribution >= 4 is 25.3 Å². The summed E-state index contributed by atoms with van der Waals surface area (Å²) in [4.78, 5) is 0. The van der Waals surface area contributed by atoms with E-state index < -0.39 is 0 Å².